The Morgan fingerprint density at radius 2 is 1.88 bits per heavy atom. The Hall–Kier alpha value is -3.13. The number of nitrogen functional groups attached to an aromatic ring is 1. The van der Waals surface area contributed by atoms with Crippen LogP contribution in [0.4, 0.5) is 10.7 Å². The average molecular weight is 373 g/mol. The van der Waals surface area contributed by atoms with Crippen molar-refractivity contribution >= 4 is 45.9 Å². The summed E-state index contributed by atoms with van der Waals surface area (Å²) in [5.41, 5.74) is 12.9. The highest BCUT2D eigenvalue weighted by Gasteiger charge is 2.25. The van der Waals surface area contributed by atoms with Gasteiger partial charge in [0.25, 0.3) is 5.91 Å². The molecule has 136 valence electrons. The van der Waals surface area contributed by atoms with E-state index in [1.54, 1.807) is 44.2 Å². The second kappa shape index (κ2) is 8.30. The molecule has 0 aliphatic rings. The zero-order valence-electron chi connectivity index (χ0n) is 14.4. The summed E-state index contributed by atoms with van der Waals surface area (Å²) >= 11 is 0.943. The quantitative estimate of drug-likeness (QED) is 0.408. The maximum Gasteiger partial charge on any atom is 0.341 e. The number of anilines is 2. The summed E-state index contributed by atoms with van der Waals surface area (Å²) in [6.07, 6.45) is 2.92. The van der Waals surface area contributed by atoms with Crippen LogP contribution >= 0.6 is 11.3 Å². The Morgan fingerprint density at radius 3 is 2.46 bits per heavy atom. The highest BCUT2D eigenvalue weighted by Crippen LogP contribution is 2.33. The highest BCUT2D eigenvalue weighted by molar-refractivity contribution is 7.18. The number of nitrogens with two attached hydrogens (primary N) is 2. The summed E-state index contributed by atoms with van der Waals surface area (Å²) in [6, 6.07) is 6.98. The number of nitrogens with one attached hydrogen (secondary N) is 1. The molecule has 0 unspecified atom stereocenters. The first kappa shape index (κ1) is 19.2. The lowest BCUT2D eigenvalue weighted by molar-refractivity contribution is -0.111. The van der Waals surface area contributed by atoms with Gasteiger partial charge in [0.05, 0.1) is 17.0 Å². The van der Waals surface area contributed by atoms with Crippen molar-refractivity contribution in [2.45, 2.75) is 13.8 Å². The Labute approximate surface area is 154 Å². The Kier molecular flexibility index (Phi) is 6.13. The molecule has 0 bridgehead atoms. The van der Waals surface area contributed by atoms with E-state index >= 15 is 0 Å². The van der Waals surface area contributed by atoms with Crippen LogP contribution in [0.2, 0.25) is 0 Å². The van der Waals surface area contributed by atoms with E-state index in [-0.39, 0.29) is 22.0 Å². The van der Waals surface area contributed by atoms with E-state index in [0.717, 1.165) is 16.9 Å². The van der Waals surface area contributed by atoms with E-state index in [1.165, 1.54) is 6.08 Å². The second-order valence-corrected chi connectivity index (χ2v) is 6.35. The smallest absolute Gasteiger partial charge is 0.341 e. The molecule has 26 heavy (non-hydrogen) atoms. The fraction of sp³-hybridized carbons (Fsp3) is 0.167. The summed E-state index contributed by atoms with van der Waals surface area (Å²) in [4.78, 5) is 36.1. The van der Waals surface area contributed by atoms with Crippen LogP contribution in [0, 0.1) is 6.92 Å². The number of hydrogen-bond donors (Lipinski definition) is 3. The van der Waals surface area contributed by atoms with Gasteiger partial charge in [0, 0.05) is 11.8 Å². The minimum atomic E-state index is -0.670. The summed E-state index contributed by atoms with van der Waals surface area (Å²) in [7, 11) is 0. The second-order valence-electron chi connectivity index (χ2n) is 5.33. The molecule has 2 aromatic rings. The van der Waals surface area contributed by atoms with Crippen LogP contribution in [0.1, 0.15) is 38.1 Å². The van der Waals surface area contributed by atoms with Crippen molar-refractivity contribution in [3.05, 3.63) is 51.9 Å². The number of primary amides is 1. The van der Waals surface area contributed by atoms with Crippen LogP contribution < -0.4 is 16.8 Å². The molecule has 2 amide bonds. The van der Waals surface area contributed by atoms with Gasteiger partial charge in [0.1, 0.15) is 5.00 Å². The number of carbonyl (C=O) groups is 3. The lowest BCUT2D eigenvalue weighted by Crippen LogP contribution is -2.13. The van der Waals surface area contributed by atoms with Gasteiger partial charge < -0.3 is 21.5 Å². The molecule has 5 N–H and O–H groups in total. The molecule has 0 aliphatic heterocycles. The van der Waals surface area contributed by atoms with Crippen LogP contribution in [0.5, 0.6) is 0 Å². The van der Waals surface area contributed by atoms with E-state index < -0.39 is 17.8 Å². The monoisotopic (exact) mass is 373 g/mol. The van der Waals surface area contributed by atoms with Gasteiger partial charge >= 0.3 is 5.97 Å². The highest BCUT2D eigenvalue weighted by atomic mass is 32.1. The maximum atomic E-state index is 12.2. The van der Waals surface area contributed by atoms with Crippen molar-refractivity contribution in [1.82, 2.24) is 0 Å². The number of ether oxygens (including phenoxy) is 1. The first-order chi connectivity index (χ1) is 12.3. The third-order valence-electron chi connectivity index (χ3n) is 3.45. The minimum absolute atomic E-state index is 0.139. The molecule has 0 fully saturated rings. The lowest BCUT2D eigenvalue weighted by Gasteiger charge is -2.05. The molecule has 7 nitrogen and oxygen atoms in total. The molecule has 0 saturated carbocycles. The molecule has 1 aromatic heterocycles. The van der Waals surface area contributed by atoms with E-state index in [4.69, 9.17) is 16.2 Å². The van der Waals surface area contributed by atoms with Crippen LogP contribution in [0.3, 0.4) is 0 Å². The van der Waals surface area contributed by atoms with Crippen molar-refractivity contribution in [2.75, 3.05) is 17.7 Å². The fourth-order valence-corrected chi connectivity index (χ4v) is 3.27. The molecular formula is C18H19N3O4S. The topological polar surface area (TPSA) is 125 Å². The molecule has 1 aromatic carbocycles. The average Bonchev–Trinajstić information content (AvgIpc) is 2.91. The molecule has 0 atom stereocenters. The van der Waals surface area contributed by atoms with Crippen LogP contribution in [0.15, 0.2) is 30.3 Å². The minimum Gasteiger partial charge on any atom is -0.462 e. The zero-order chi connectivity index (χ0) is 19.3. The van der Waals surface area contributed by atoms with Crippen molar-refractivity contribution in [1.29, 1.82) is 0 Å². The van der Waals surface area contributed by atoms with Gasteiger partial charge in [-0.1, -0.05) is 12.1 Å². The molecule has 0 aliphatic carbocycles. The van der Waals surface area contributed by atoms with Crippen molar-refractivity contribution in [3.8, 4) is 0 Å². The van der Waals surface area contributed by atoms with Crippen LogP contribution in [-0.2, 0) is 9.53 Å². The molecule has 8 heteroatoms. The number of thiophene rings is 1. The SMILES string of the molecule is CCOC(=O)c1c(NC(=O)/C=C/c2ccc(N)cc2)sc(C(N)=O)c1C. The van der Waals surface area contributed by atoms with E-state index in [2.05, 4.69) is 5.32 Å². The zero-order valence-corrected chi connectivity index (χ0v) is 15.2. The number of rotatable bonds is 6. The number of benzene rings is 1. The number of hydrogen-bond acceptors (Lipinski definition) is 6. The Bertz CT molecular complexity index is 869. The Morgan fingerprint density at radius 1 is 1.23 bits per heavy atom. The van der Waals surface area contributed by atoms with Gasteiger partial charge in [-0.15, -0.1) is 11.3 Å². The van der Waals surface area contributed by atoms with Crippen molar-refractivity contribution < 1.29 is 19.1 Å². The molecule has 0 spiro atoms. The van der Waals surface area contributed by atoms with E-state index in [1.807, 2.05) is 0 Å². The van der Waals surface area contributed by atoms with E-state index in [9.17, 15) is 14.4 Å². The number of carbonyl (C=O) groups excluding carboxylic acids is 3. The van der Waals surface area contributed by atoms with Gasteiger partial charge in [-0.05, 0) is 43.2 Å². The lowest BCUT2D eigenvalue weighted by atomic mass is 10.1. The normalized spacial score (nSPS) is 10.7. The fourth-order valence-electron chi connectivity index (χ4n) is 2.22. The number of esters is 1. The van der Waals surface area contributed by atoms with E-state index in [0.29, 0.717) is 11.3 Å². The molecular weight excluding hydrogens is 354 g/mol. The standard InChI is InChI=1S/C18H19N3O4S/c1-3-25-18(24)14-10(2)15(16(20)23)26-17(14)21-13(22)9-6-11-4-7-12(19)8-5-11/h4-9H,3,19H2,1-2H3,(H2,20,23)(H,21,22)/b9-6+. The van der Waals surface area contributed by atoms with Crippen molar-refractivity contribution in [2.24, 2.45) is 5.73 Å². The summed E-state index contributed by atoms with van der Waals surface area (Å²) in [5.74, 6) is -1.74. The van der Waals surface area contributed by atoms with Gasteiger partial charge in [-0.2, -0.15) is 0 Å². The Balaban J connectivity index is 2.25. The number of amides is 2. The van der Waals surface area contributed by atoms with Crippen LogP contribution in [0.25, 0.3) is 6.08 Å². The van der Waals surface area contributed by atoms with Crippen LogP contribution in [-0.4, -0.2) is 24.4 Å². The predicted octanol–water partition coefficient (Wildman–Crippen LogP) is 2.57. The molecule has 1 heterocycles. The molecule has 0 radical (unpaired) electrons. The molecule has 0 saturated heterocycles. The van der Waals surface area contributed by atoms with Gasteiger partial charge in [0.2, 0.25) is 5.91 Å². The summed E-state index contributed by atoms with van der Waals surface area (Å²) < 4.78 is 5.00. The predicted molar refractivity (Wildman–Crippen MR) is 102 cm³/mol. The first-order valence-corrected chi connectivity index (χ1v) is 8.60. The summed E-state index contributed by atoms with van der Waals surface area (Å²) in [6.45, 7) is 3.43. The van der Waals surface area contributed by atoms with Gasteiger partial charge in [-0.25, -0.2) is 4.79 Å². The van der Waals surface area contributed by atoms with Gasteiger partial charge in [0.15, 0.2) is 0 Å². The van der Waals surface area contributed by atoms with Crippen molar-refractivity contribution in [3.63, 3.8) is 0 Å². The third kappa shape index (κ3) is 4.48. The largest absolute Gasteiger partial charge is 0.462 e. The van der Waals surface area contributed by atoms with Gasteiger partial charge in [-0.3, -0.25) is 9.59 Å². The first-order valence-electron chi connectivity index (χ1n) is 7.78. The maximum absolute atomic E-state index is 12.2. The third-order valence-corrected chi connectivity index (χ3v) is 4.67. The molecule has 2 rings (SSSR count). The summed E-state index contributed by atoms with van der Waals surface area (Å²) in [5, 5.41) is 2.83.